The number of carbonyl (C=O) groups is 2. The molecule has 1 heterocycles. The van der Waals surface area contributed by atoms with Gasteiger partial charge in [-0.1, -0.05) is 26.0 Å². The zero-order valence-electron chi connectivity index (χ0n) is 12.4. The van der Waals surface area contributed by atoms with E-state index in [1.165, 1.54) is 0 Å². The summed E-state index contributed by atoms with van der Waals surface area (Å²) in [6.07, 6.45) is 0.0495. The predicted octanol–water partition coefficient (Wildman–Crippen LogP) is 2.80. The minimum absolute atomic E-state index is 0.0444. The second kappa shape index (κ2) is 4.93. The van der Waals surface area contributed by atoms with Gasteiger partial charge in [-0.2, -0.15) is 0 Å². The molecule has 0 aliphatic carbocycles. The third-order valence-electron chi connectivity index (χ3n) is 3.94. The van der Waals surface area contributed by atoms with Crippen molar-refractivity contribution < 1.29 is 14.7 Å². The summed E-state index contributed by atoms with van der Waals surface area (Å²) in [5, 5.41) is 9.00. The molecule has 0 fully saturated rings. The predicted molar refractivity (Wildman–Crippen MR) is 76.7 cm³/mol. The molecule has 4 heteroatoms. The van der Waals surface area contributed by atoms with Crippen LogP contribution in [0.25, 0.3) is 0 Å². The van der Waals surface area contributed by atoms with Crippen LogP contribution in [0, 0.1) is 0 Å². The molecular weight excluding hydrogens is 254 g/mol. The quantitative estimate of drug-likeness (QED) is 0.919. The minimum atomic E-state index is -0.828. The number of hydrogen-bond acceptors (Lipinski definition) is 2. The maximum Gasteiger partial charge on any atom is 0.304 e. The summed E-state index contributed by atoms with van der Waals surface area (Å²) in [7, 11) is 0. The molecule has 1 aliphatic rings. The number of amides is 1. The topological polar surface area (TPSA) is 57.6 Å². The summed E-state index contributed by atoms with van der Waals surface area (Å²) >= 11 is 0. The van der Waals surface area contributed by atoms with Crippen molar-refractivity contribution in [1.29, 1.82) is 0 Å². The monoisotopic (exact) mass is 275 g/mol. The molecule has 0 radical (unpaired) electrons. The zero-order valence-corrected chi connectivity index (χ0v) is 12.4. The molecular formula is C16H21NO3. The van der Waals surface area contributed by atoms with Gasteiger partial charge in [0.2, 0.25) is 0 Å². The highest BCUT2D eigenvalue weighted by atomic mass is 16.4. The van der Waals surface area contributed by atoms with E-state index in [1.807, 2.05) is 50.8 Å². The van der Waals surface area contributed by atoms with Crippen LogP contribution in [0.1, 0.15) is 55.6 Å². The van der Waals surface area contributed by atoms with Crippen molar-refractivity contribution in [1.82, 2.24) is 4.90 Å². The normalized spacial score (nSPS) is 14.8. The Balaban J connectivity index is 2.36. The lowest BCUT2D eigenvalue weighted by molar-refractivity contribution is -0.138. The lowest BCUT2D eigenvalue weighted by Gasteiger charge is -2.23. The maximum atomic E-state index is 12.3. The second-order valence-electron chi connectivity index (χ2n) is 6.35. The molecule has 2 rings (SSSR count). The van der Waals surface area contributed by atoms with Crippen LogP contribution < -0.4 is 0 Å². The summed E-state index contributed by atoms with van der Waals surface area (Å²) in [6.45, 7) is 8.43. The van der Waals surface area contributed by atoms with Crippen LogP contribution in [0.3, 0.4) is 0 Å². The fourth-order valence-electron chi connectivity index (χ4n) is 2.64. The lowest BCUT2D eigenvalue weighted by atomic mass is 9.80. The molecule has 0 spiro atoms. The first-order valence-electron chi connectivity index (χ1n) is 6.88. The maximum absolute atomic E-state index is 12.3. The molecule has 0 unspecified atom stereocenters. The molecule has 108 valence electrons. The number of aliphatic carboxylic acids is 1. The highest BCUT2D eigenvalue weighted by Crippen LogP contribution is 2.32. The van der Waals surface area contributed by atoms with Gasteiger partial charge in [0.15, 0.2) is 0 Å². The van der Waals surface area contributed by atoms with Crippen molar-refractivity contribution in [2.45, 2.75) is 52.1 Å². The smallest absolute Gasteiger partial charge is 0.304 e. The summed E-state index contributed by atoms with van der Waals surface area (Å²) < 4.78 is 0. The number of fused-ring (bicyclic) bond motifs is 1. The van der Waals surface area contributed by atoms with E-state index in [0.717, 1.165) is 16.7 Å². The molecule has 0 saturated carbocycles. The molecule has 0 atom stereocenters. The van der Waals surface area contributed by atoms with Gasteiger partial charge in [-0.3, -0.25) is 9.59 Å². The third-order valence-corrected chi connectivity index (χ3v) is 3.94. The summed E-state index contributed by atoms with van der Waals surface area (Å²) in [5.41, 5.74) is 2.16. The Morgan fingerprint density at radius 1 is 1.40 bits per heavy atom. The number of rotatable bonds is 4. The Morgan fingerprint density at radius 2 is 2.05 bits per heavy atom. The van der Waals surface area contributed by atoms with E-state index in [0.29, 0.717) is 6.54 Å². The van der Waals surface area contributed by atoms with Crippen molar-refractivity contribution in [2.24, 2.45) is 0 Å². The zero-order chi connectivity index (χ0) is 15.1. The standard InChI is InChI=1S/C16H21NO3/c1-10(2)17-9-11-5-6-12(7-13(11)15(17)20)16(3,4)8-14(18)19/h5-7,10H,8-9H2,1-4H3,(H,18,19). The Kier molecular flexibility index (Phi) is 3.59. The second-order valence-corrected chi connectivity index (χ2v) is 6.35. The van der Waals surface area contributed by atoms with E-state index in [9.17, 15) is 9.59 Å². The van der Waals surface area contributed by atoms with Crippen molar-refractivity contribution in [3.8, 4) is 0 Å². The van der Waals surface area contributed by atoms with Gasteiger partial charge in [-0.25, -0.2) is 0 Å². The lowest BCUT2D eigenvalue weighted by Crippen LogP contribution is -2.30. The van der Waals surface area contributed by atoms with E-state index in [2.05, 4.69) is 0 Å². The number of hydrogen-bond donors (Lipinski definition) is 1. The van der Waals surface area contributed by atoms with E-state index in [1.54, 1.807) is 0 Å². The largest absolute Gasteiger partial charge is 0.481 e. The highest BCUT2D eigenvalue weighted by Gasteiger charge is 2.31. The SMILES string of the molecule is CC(C)N1Cc2ccc(C(C)(C)CC(=O)O)cc2C1=O. The highest BCUT2D eigenvalue weighted by molar-refractivity contribution is 5.98. The molecule has 0 bridgehead atoms. The number of nitrogens with zero attached hydrogens (tertiary/aromatic N) is 1. The summed E-state index contributed by atoms with van der Waals surface area (Å²) in [4.78, 5) is 25.1. The van der Waals surface area contributed by atoms with Gasteiger partial charge in [-0.15, -0.1) is 0 Å². The fourth-order valence-corrected chi connectivity index (χ4v) is 2.64. The van der Waals surface area contributed by atoms with Gasteiger partial charge < -0.3 is 10.0 Å². The Bertz CT molecular complexity index is 561. The number of carboxylic acid groups (broad SMARTS) is 1. The average Bonchev–Trinajstić information content (AvgIpc) is 2.65. The summed E-state index contributed by atoms with van der Waals surface area (Å²) in [5.74, 6) is -0.784. The molecule has 1 aromatic carbocycles. The van der Waals surface area contributed by atoms with E-state index in [-0.39, 0.29) is 18.4 Å². The first-order chi connectivity index (χ1) is 9.22. The first-order valence-corrected chi connectivity index (χ1v) is 6.88. The molecule has 20 heavy (non-hydrogen) atoms. The van der Waals surface area contributed by atoms with E-state index in [4.69, 9.17) is 5.11 Å². The van der Waals surface area contributed by atoms with Crippen LogP contribution in [0.5, 0.6) is 0 Å². The van der Waals surface area contributed by atoms with Gasteiger partial charge in [-0.05, 0) is 31.0 Å². The molecule has 0 aromatic heterocycles. The van der Waals surface area contributed by atoms with Crippen molar-refractivity contribution in [3.05, 3.63) is 34.9 Å². The van der Waals surface area contributed by atoms with Gasteiger partial charge in [0, 0.05) is 23.6 Å². The molecule has 0 saturated heterocycles. The van der Waals surface area contributed by atoms with Crippen LogP contribution >= 0.6 is 0 Å². The molecule has 4 nitrogen and oxygen atoms in total. The van der Waals surface area contributed by atoms with Crippen LogP contribution in [-0.4, -0.2) is 27.9 Å². The Morgan fingerprint density at radius 3 is 2.60 bits per heavy atom. The first kappa shape index (κ1) is 14.6. The Hall–Kier alpha value is -1.84. The van der Waals surface area contributed by atoms with Crippen LogP contribution in [0.15, 0.2) is 18.2 Å². The van der Waals surface area contributed by atoms with Crippen molar-refractivity contribution >= 4 is 11.9 Å². The van der Waals surface area contributed by atoms with Crippen LogP contribution in [-0.2, 0) is 16.8 Å². The Labute approximate surface area is 119 Å². The van der Waals surface area contributed by atoms with E-state index >= 15 is 0 Å². The van der Waals surface area contributed by atoms with Crippen LogP contribution in [0.2, 0.25) is 0 Å². The number of benzene rings is 1. The van der Waals surface area contributed by atoms with Crippen molar-refractivity contribution in [2.75, 3.05) is 0 Å². The molecule has 1 aromatic rings. The molecule has 1 aliphatic heterocycles. The fraction of sp³-hybridized carbons (Fsp3) is 0.500. The van der Waals surface area contributed by atoms with Gasteiger partial charge in [0.1, 0.15) is 0 Å². The van der Waals surface area contributed by atoms with Gasteiger partial charge in [0.25, 0.3) is 5.91 Å². The van der Waals surface area contributed by atoms with Gasteiger partial charge >= 0.3 is 5.97 Å². The average molecular weight is 275 g/mol. The number of carbonyl (C=O) groups excluding carboxylic acids is 1. The van der Waals surface area contributed by atoms with Gasteiger partial charge in [0.05, 0.1) is 6.42 Å². The minimum Gasteiger partial charge on any atom is -0.481 e. The van der Waals surface area contributed by atoms with Crippen molar-refractivity contribution in [3.63, 3.8) is 0 Å². The van der Waals surface area contributed by atoms with E-state index < -0.39 is 11.4 Å². The summed E-state index contributed by atoms with van der Waals surface area (Å²) in [6, 6.07) is 5.93. The number of carboxylic acids is 1. The molecule has 1 N–H and O–H groups in total. The van der Waals surface area contributed by atoms with Crippen LogP contribution in [0.4, 0.5) is 0 Å². The third kappa shape index (κ3) is 2.55. The molecule has 1 amide bonds.